The van der Waals surface area contributed by atoms with Crippen LogP contribution >= 0.6 is 11.6 Å². The van der Waals surface area contributed by atoms with E-state index in [-0.39, 0.29) is 29.9 Å². The fraction of sp³-hybridized carbons (Fsp3) is 0.304. The maximum Gasteiger partial charge on any atom is 0.258 e. The fourth-order valence-corrected chi connectivity index (χ4v) is 4.20. The second-order valence-electron chi connectivity index (χ2n) is 8.04. The second-order valence-corrected chi connectivity index (χ2v) is 8.47. The summed E-state index contributed by atoms with van der Waals surface area (Å²) in [5, 5.41) is 7.67. The summed E-state index contributed by atoms with van der Waals surface area (Å²) in [6, 6.07) is 12.6. The number of nitrogens with two attached hydrogens (primary N) is 2. The Bertz CT molecular complexity index is 1180. The van der Waals surface area contributed by atoms with Crippen molar-refractivity contribution in [1.29, 1.82) is 0 Å². The van der Waals surface area contributed by atoms with E-state index in [9.17, 15) is 4.79 Å². The molecule has 1 aliphatic rings. The van der Waals surface area contributed by atoms with Crippen LogP contribution < -0.4 is 22.1 Å². The van der Waals surface area contributed by atoms with E-state index in [0.717, 1.165) is 42.1 Å². The summed E-state index contributed by atoms with van der Waals surface area (Å²) in [7, 11) is 0. The van der Waals surface area contributed by atoms with Crippen molar-refractivity contribution in [2.75, 3.05) is 10.6 Å². The van der Waals surface area contributed by atoms with Crippen LogP contribution in [0.5, 0.6) is 0 Å². The van der Waals surface area contributed by atoms with Gasteiger partial charge >= 0.3 is 0 Å². The van der Waals surface area contributed by atoms with Crippen LogP contribution in [0.2, 0.25) is 5.02 Å². The van der Waals surface area contributed by atoms with Crippen LogP contribution in [0.4, 0.5) is 11.8 Å². The van der Waals surface area contributed by atoms with Gasteiger partial charge < -0.3 is 16.8 Å². The lowest BCUT2D eigenvalue weighted by molar-refractivity contribution is 0.102. The number of halogens is 1. The predicted molar refractivity (Wildman–Crippen MR) is 129 cm³/mol. The van der Waals surface area contributed by atoms with Gasteiger partial charge in [0.15, 0.2) is 5.96 Å². The molecule has 1 amide bonds. The number of carbonyl (C=O) groups is 1. The molecule has 0 aliphatic heterocycles. The molecule has 1 fully saturated rings. The summed E-state index contributed by atoms with van der Waals surface area (Å²) < 4.78 is 0. The Balaban J connectivity index is 1.68. The number of hydrogen-bond donors (Lipinski definition) is 4. The Labute approximate surface area is 191 Å². The van der Waals surface area contributed by atoms with Crippen molar-refractivity contribution < 1.29 is 4.79 Å². The zero-order chi connectivity index (χ0) is 22.7. The number of guanidine groups is 1. The minimum Gasteiger partial charge on any atom is -0.370 e. The Morgan fingerprint density at radius 3 is 2.72 bits per heavy atom. The molecule has 2 unspecified atom stereocenters. The number of nitrogens with one attached hydrogen (secondary N) is 2. The topological polar surface area (TPSA) is 131 Å². The highest BCUT2D eigenvalue weighted by Crippen LogP contribution is 2.29. The minimum atomic E-state index is -0.332. The van der Waals surface area contributed by atoms with E-state index in [1.807, 2.05) is 25.1 Å². The number of rotatable bonds is 5. The molecule has 1 heterocycles. The molecule has 9 heteroatoms. The smallest absolute Gasteiger partial charge is 0.258 e. The van der Waals surface area contributed by atoms with Gasteiger partial charge in [0.2, 0.25) is 5.95 Å². The number of carbonyl (C=O) groups excluding carboxylic acids is 1. The van der Waals surface area contributed by atoms with Gasteiger partial charge in [-0.25, -0.2) is 9.98 Å². The van der Waals surface area contributed by atoms with Crippen molar-refractivity contribution >= 4 is 46.1 Å². The predicted octanol–water partition coefficient (Wildman–Crippen LogP) is 3.84. The molecule has 0 bridgehead atoms. The molecule has 1 aromatic heterocycles. The molecule has 0 saturated heterocycles. The van der Waals surface area contributed by atoms with E-state index in [0.29, 0.717) is 16.4 Å². The third-order valence-corrected chi connectivity index (χ3v) is 5.76. The zero-order valence-corrected chi connectivity index (χ0v) is 18.6. The maximum absolute atomic E-state index is 12.7. The number of aliphatic imine (C=N–C) groups is 1. The first-order valence-corrected chi connectivity index (χ1v) is 11.0. The van der Waals surface area contributed by atoms with Gasteiger partial charge in [-0.3, -0.25) is 10.1 Å². The van der Waals surface area contributed by atoms with Gasteiger partial charge in [-0.05, 0) is 50.1 Å². The van der Waals surface area contributed by atoms with E-state index in [4.69, 9.17) is 23.1 Å². The van der Waals surface area contributed by atoms with Gasteiger partial charge in [-0.15, -0.1) is 0 Å². The highest BCUT2D eigenvalue weighted by molar-refractivity contribution is 6.31. The Kier molecular flexibility index (Phi) is 6.41. The molecule has 3 aromatic rings. The quantitative estimate of drug-likeness (QED) is 0.344. The van der Waals surface area contributed by atoms with Crippen molar-refractivity contribution in [1.82, 2.24) is 9.97 Å². The van der Waals surface area contributed by atoms with Crippen molar-refractivity contribution in [3.63, 3.8) is 0 Å². The molecular formula is C23H26ClN7O. The van der Waals surface area contributed by atoms with Crippen molar-refractivity contribution in [3.05, 3.63) is 58.6 Å². The summed E-state index contributed by atoms with van der Waals surface area (Å²) in [6.45, 7) is 2.01. The van der Waals surface area contributed by atoms with Crippen LogP contribution in [0.25, 0.3) is 10.9 Å². The lowest BCUT2D eigenvalue weighted by atomic mass is 9.90. The van der Waals surface area contributed by atoms with Crippen LogP contribution in [0.15, 0.2) is 47.5 Å². The highest BCUT2D eigenvalue weighted by atomic mass is 35.5. The minimum absolute atomic E-state index is 0.0287. The Morgan fingerprint density at radius 2 is 1.94 bits per heavy atom. The molecule has 4 rings (SSSR count). The van der Waals surface area contributed by atoms with Crippen LogP contribution in [0.3, 0.4) is 0 Å². The van der Waals surface area contributed by atoms with Crippen LogP contribution in [0, 0.1) is 6.92 Å². The van der Waals surface area contributed by atoms with E-state index >= 15 is 0 Å². The molecule has 1 saturated carbocycles. The lowest BCUT2D eigenvalue weighted by Gasteiger charge is -2.30. The summed E-state index contributed by atoms with van der Waals surface area (Å²) in [5.41, 5.74) is 13.5. The average molecular weight is 452 g/mol. The summed E-state index contributed by atoms with van der Waals surface area (Å²) >= 11 is 6.02. The highest BCUT2D eigenvalue weighted by Gasteiger charge is 2.26. The molecular weight excluding hydrogens is 426 g/mol. The Hall–Kier alpha value is -3.39. The maximum atomic E-state index is 12.7. The van der Waals surface area contributed by atoms with Gasteiger partial charge in [-0.2, -0.15) is 4.98 Å². The number of benzene rings is 2. The average Bonchev–Trinajstić information content (AvgIpc) is 2.75. The third-order valence-electron chi connectivity index (χ3n) is 5.53. The van der Waals surface area contributed by atoms with Crippen molar-refractivity contribution in [2.45, 2.75) is 44.7 Å². The summed E-state index contributed by atoms with van der Waals surface area (Å²) in [5.74, 6) is 0.605. The van der Waals surface area contributed by atoms with Gasteiger partial charge in [0.05, 0.1) is 17.6 Å². The Morgan fingerprint density at radius 1 is 1.12 bits per heavy atom. The lowest BCUT2D eigenvalue weighted by Crippen LogP contribution is -2.38. The number of amides is 1. The summed E-state index contributed by atoms with van der Waals surface area (Å²) in [6.07, 6.45) is 3.97. The monoisotopic (exact) mass is 451 g/mol. The van der Waals surface area contributed by atoms with Crippen LogP contribution in [0.1, 0.15) is 41.6 Å². The molecule has 2 atom stereocenters. The molecule has 166 valence electrons. The summed E-state index contributed by atoms with van der Waals surface area (Å²) in [4.78, 5) is 26.3. The molecule has 1 aliphatic carbocycles. The molecule has 0 radical (unpaired) electrons. The number of anilines is 2. The van der Waals surface area contributed by atoms with Gasteiger partial charge in [0, 0.05) is 16.0 Å². The van der Waals surface area contributed by atoms with Crippen molar-refractivity contribution in [3.8, 4) is 0 Å². The van der Waals surface area contributed by atoms with E-state index in [1.165, 1.54) is 0 Å². The first-order chi connectivity index (χ1) is 15.4. The van der Waals surface area contributed by atoms with Gasteiger partial charge in [0.1, 0.15) is 5.82 Å². The fourth-order valence-electron chi connectivity index (χ4n) is 4.01. The van der Waals surface area contributed by atoms with Gasteiger partial charge in [-0.1, -0.05) is 42.1 Å². The number of nitrogens with zero attached hydrogens (tertiary/aromatic N) is 3. The second kappa shape index (κ2) is 9.40. The largest absolute Gasteiger partial charge is 0.370 e. The van der Waals surface area contributed by atoms with Gasteiger partial charge in [0.25, 0.3) is 5.91 Å². The zero-order valence-electron chi connectivity index (χ0n) is 17.8. The molecule has 8 nitrogen and oxygen atoms in total. The number of fused-ring (bicyclic) bond motifs is 1. The third kappa shape index (κ3) is 5.08. The van der Waals surface area contributed by atoms with Crippen LogP contribution in [-0.4, -0.2) is 33.9 Å². The first kappa shape index (κ1) is 21.8. The van der Waals surface area contributed by atoms with Crippen molar-refractivity contribution in [2.24, 2.45) is 16.5 Å². The molecule has 6 N–H and O–H groups in total. The number of hydrogen-bond acceptors (Lipinski definition) is 5. The number of aromatic nitrogens is 2. The number of aryl methyl sites for hydroxylation is 1. The van der Waals surface area contributed by atoms with E-state index < -0.39 is 0 Å². The first-order valence-electron chi connectivity index (χ1n) is 10.6. The van der Waals surface area contributed by atoms with E-state index in [1.54, 1.807) is 24.3 Å². The molecule has 0 spiro atoms. The SMILES string of the molecule is Cc1ccc2nc(NC(=O)c3cccc(Cl)c3)nc(NC3CCCCC3N=C(N)N)c2c1. The molecule has 32 heavy (non-hydrogen) atoms. The standard InChI is InChI=1S/C23H26ClN7O/c1-13-9-10-17-16(11-13)20(27-18-7-2-3-8-19(18)28-22(25)26)30-23(29-17)31-21(32)14-5-4-6-15(24)12-14/h4-6,9-12,18-19H,2-3,7-8H2,1H3,(H4,25,26,28)(H2,27,29,30,31,32). The van der Waals surface area contributed by atoms with E-state index in [2.05, 4.69) is 25.6 Å². The van der Waals surface area contributed by atoms with Crippen LogP contribution in [-0.2, 0) is 0 Å². The normalized spacial score (nSPS) is 18.2. The molecule has 2 aromatic carbocycles.